The molecule has 4 nitrogen and oxygen atoms in total. The van der Waals surface area contributed by atoms with Gasteiger partial charge in [0.2, 0.25) is 0 Å². The van der Waals surface area contributed by atoms with E-state index in [0.717, 1.165) is 55.4 Å². The number of nitrogens with zero attached hydrogens (tertiary/aromatic N) is 2. The molecule has 1 N–H and O–H groups in total. The van der Waals surface area contributed by atoms with Crippen LogP contribution in [0, 0.1) is 0 Å². The molecule has 4 heteroatoms. The molecule has 1 aliphatic carbocycles. The van der Waals surface area contributed by atoms with E-state index in [1.54, 1.807) is 6.20 Å². The van der Waals surface area contributed by atoms with E-state index in [4.69, 9.17) is 4.74 Å². The molecule has 2 aromatic carbocycles. The minimum absolute atomic E-state index is 0.243. The van der Waals surface area contributed by atoms with Gasteiger partial charge < -0.3 is 9.84 Å². The molecule has 29 heavy (non-hydrogen) atoms. The number of aromatic nitrogens is 1. The van der Waals surface area contributed by atoms with Crippen LogP contribution in [-0.4, -0.2) is 34.2 Å². The summed E-state index contributed by atoms with van der Waals surface area (Å²) in [5.74, 6) is 0.322. The van der Waals surface area contributed by atoms with Crippen molar-refractivity contribution >= 4 is 10.9 Å². The van der Waals surface area contributed by atoms with Crippen LogP contribution in [0.4, 0.5) is 0 Å². The fourth-order valence-corrected chi connectivity index (χ4v) is 4.80. The number of hydrogen-bond acceptors (Lipinski definition) is 4. The molecule has 5 rings (SSSR count). The van der Waals surface area contributed by atoms with Crippen LogP contribution in [-0.2, 0) is 30.7 Å². The number of phenolic OH excluding ortho intramolecular Hbond substituents is 1. The Labute approximate surface area is 172 Å². The highest BCUT2D eigenvalue weighted by Gasteiger charge is 2.21. The molecule has 0 bridgehead atoms. The molecule has 2 aliphatic rings. The van der Waals surface area contributed by atoms with Crippen LogP contribution < -0.4 is 0 Å². The van der Waals surface area contributed by atoms with Crippen molar-refractivity contribution in [3.63, 3.8) is 0 Å². The first-order chi connectivity index (χ1) is 14.3. The first-order valence-electron chi connectivity index (χ1n) is 10.8. The zero-order valence-corrected chi connectivity index (χ0v) is 16.8. The second kappa shape index (κ2) is 8.13. The minimum atomic E-state index is 0.243. The summed E-state index contributed by atoms with van der Waals surface area (Å²) in [6.45, 7) is 3.55. The van der Waals surface area contributed by atoms with E-state index in [-0.39, 0.29) is 6.10 Å². The molecular weight excluding hydrogens is 360 g/mol. The highest BCUT2D eigenvalue weighted by atomic mass is 16.5. The number of aryl methyl sites for hydroxylation is 1. The average molecular weight is 389 g/mol. The lowest BCUT2D eigenvalue weighted by Gasteiger charge is -2.25. The van der Waals surface area contributed by atoms with Crippen LogP contribution in [0.2, 0.25) is 0 Å². The van der Waals surface area contributed by atoms with Gasteiger partial charge in [-0.25, -0.2) is 0 Å². The van der Waals surface area contributed by atoms with E-state index < -0.39 is 0 Å². The van der Waals surface area contributed by atoms with Crippen LogP contribution >= 0.6 is 0 Å². The fraction of sp³-hybridized carbons (Fsp3) is 0.400. The number of aromatic hydroxyl groups is 1. The van der Waals surface area contributed by atoms with Gasteiger partial charge in [0.1, 0.15) is 11.3 Å². The van der Waals surface area contributed by atoms with Crippen LogP contribution in [0.3, 0.4) is 0 Å². The van der Waals surface area contributed by atoms with Gasteiger partial charge in [-0.2, -0.15) is 0 Å². The van der Waals surface area contributed by atoms with E-state index in [0.29, 0.717) is 17.9 Å². The molecule has 1 unspecified atom stereocenters. The number of rotatable bonds is 5. The minimum Gasteiger partial charge on any atom is -0.505 e. The van der Waals surface area contributed by atoms with E-state index in [1.165, 1.54) is 24.0 Å². The molecule has 0 saturated carbocycles. The largest absolute Gasteiger partial charge is 0.505 e. The summed E-state index contributed by atoms with van der Waals surface area (Å²) >= 11 is 0. The quantitative estimate of drug-likeness (QED) is 0.693. The van der Waals surface area contributed by atoms with Crippen molar-refractivity contribution in [1.82, 2.24) is 9.88 Å². The van der Waals surface area contributed by atoms with Crippen LogP contribution in [0.1, 0.15) is 41.5 Å². The van der Waals surface area contributed by atoms with Gasteiger partial charge in [-0.1, -0.05) is 30.3 Å². The third-order valence-electron chi connectivity index (χ3n) is 6.40. The Kier molecular flexibility index (Phi) is 5.21. The molecule has 0 amide bonds. The Morgan fingerprint density at radius 2 is 1.86 bits per heavy atom. The van der Waals surface area contributed by atoms with E-state index >= 15 is 0 Å². The summed E-state index contributed by atoms with van der Waals surface area (Å²) in [5, 5.41) is 11.8. The molecule has 1 aliphatic heterocycles. The van der Waals surface area contributed by atoms with Crippen molar-refractivity contribution in [1.29, 1.82) is 0 Å². The zero-order chi connectivity index (χ0) is 19.6. The Bertz CT molecular complexity index is 1010. The number of benzene rings is 2. The number of likely N-dealkylation sites (tertiary alicyclic amines) is 1. The lowest BCUT2D eigenvalue weighted by Crippen LogP contribution is -2.22. The third-order valence-corrected chi connectivity index (χ3v) is 6.40. The van der Waals surface area contributed by atoms with E-state index in [1.807, 2.05) is 12.1 Å². The van der Waals surface area contributed by atoms with Gasteiger partial charge in [0, 0.05) is 23.7 Å². The third kappa shape index (κ3) is 3.87. The zero-order valence-electron chi connectivity index (χ0n) is 16.8. The van der Waals surface area contributed by atoms with E-state index in [2.05, 4.69) is 40.2 Å². The SMILES string of the molecule is Oc1c(CN2CCCC2)cc(COC2CCc3ccccc3C2)c2cccnc12. The molecule has 1 saturated heterocycles. The van der Waals surface area contributed by atoms with Gasteiger partial charge >= 0.3 is 0 Å². The van der Waals surface area contributed by atoms with Gasteiger partial charge in [0.15, 0.2) is 0 Å². The molecule has 2 heterocycles. The summed E-state index contributed by atoms with van der Waals surface area (Å²) in [6.07, 6.45) is 7.60. The number of phenols is 1. The molecular formula is C25H28N2O2. The fourth-order valence-electron chi connectivity index (χ4n) is 4.80. The average Bonchev–Trinajstić information content (AvgIpc) is 3.28. The maximum atomic E-state index is 10.8. The first kappa shape index (κ1) is 18.6. The summed E-state index contributed by atoms with van der Waals surface area (Å²) in [4.78, 5) is 6.89. The van der Waals surface area contributed by atoms with Crippen molar-refractivity contribution < 1.29 is 9.84 Å². The second-order valence-corrected chi connectivity index (χ2v) is 8.37. The maximum absolute atomic E-state index is 10.8. The lowest BCUT2D eigenvalue weighted by atomic mass is 9.90. The van der Waals surface area contributed by atoms with Crippen molar-refractivity contribution in [3.8, 4) is 5.75 Å². The molecule has 0 radical (unpaired) electrons. The van der Waals surface area contributed by atoms with Gasteiger partial charge in [0.25, 0.3) is 0 Å². The number of hydrogen-bond donors (Lipinski definition) is 1. The molecule has 1 aromatic heterocycles. The van der Waals surface area contributed by atoms with Crippen molar-refractivity contribution in [2.75, 3.05) is 13.1 Å². The van der Waals surface area contributed by atoms with Crippen LogP contribution in [0.5, 0.6) is 5.75 Å². The monoisotopic (exact) mass is 388 g/mol. The van der Waals surface area contributed by atoms with Gasteiger partial charge in [-0.15, -0.1) is 0 Å². The summed E-state index contributed by atoms with van der Waals surface area (Å²) < 4.78 is 6.38. The Balaban J connectivity index is 1.38. The number of ether oxygens (including phenoxy) is 1. The Hall–Kier alpha value is -2.43. The molecule has 0 spiro atoms. The summed E-state index contributed by atoms with van der Waals surface area (Å²) in [7, 11) is 0. The highest BCUT2D eigenvalue weighted by Crippen LogP contribution is 2.33. The summed E-state index contributed by atoms with van der Waals surface area (Å²) in [5.41, 5.74) is 5.65. The van der Waals surface area contributed by atoms with E-state index in [9.17, 15) is 5.11 Å². The van der Waals surface area contributed by atoms with Crippen molar-refractivity contribution in [2.24, 2.45) is 0 Å². The number of pyridine rings is 1. The Morgan fingerprint density at radius 3 is 2.72 bits per heavy atom. The lowest BCUT2D eigenvalue weighted by molar-refractivity contribution is 0.0325. The smallest absolute Gasteiger partial charge is 0.146 e. The second-order valence-electron chi connectivity index (χ2n) is 8.37. The van der Waals surface area contributed by atoms with Crippen molar-refractivity contribution in [2.45, 2.75) is 51.4 Å². The van der Waals surface area contributed by atoms with Crippen molar-refractivity contribution in [3.05, 3.63) is 70.9 Å². The first-order valence-corrected chi connectivity index (χ1v) is 10.8. The molecule has 1 atom stereocenters. The standard InChI is InChI=1S/C25H28N2O2/c28-25-20(16-27-12-3-4-13-27)14-21(23-8-5-11-26-24(23)25)17-29-22-10-9-18-6-1-2-7-19(18)15-22/h1-2,5-8,11,14,22,28H,3-4,9-10,12-13,15-17H2. The predicted octanol–water partition coefficient (Wildman–Crippen LogP) is 4.61. The van der Waals surface area contributed by atoms with Gasteiger partial charge in [-0.05, 0) is 74.0 Å². The van der Waals surface area contributed by atoms with Crippen LogP contribution in [0.25, 0.3) is 10.9 Å². The Morgan fingerprint density at radius 1 is 1.03 bits per heavy atom. The highest BCUT2D eigenvalue weighted by molar-refractivity contribution is 5.88. The normalized spacial score (nSPS) is 19.5. The summed E-state index contributed by atoms with van der Waals surface area (Å²) in [6, 6.07) is 14.8. The number of fused-ring (bicyclic) bond motifs is 2. The topological polar surface area (TPSA) is 45.6 Å². The van der Waals surface area contributed by atoms with Gasteiger partial charge in [-0.3, -0.25) is 9.88 Å². The molecule has 3 aromatic rings. The molecule has 1 fully saturated rings. The molecule has 150 valence electrons. The van der Waals surface area contributed by atoms with Crippen LogP contribution in [0.15, 0.2) is 48.7 Å². The predicted molar refractivity (Wildman–Crippen MR) is 115 cm³/mol. The maximum Gasteiger partial charge on any atom is 0.146 e. The van der Waals surface area contributed by atoms with Gasteiger partial charge in [0.05, 0.1) is 12.7 Å².